The minimum atomic E-state index is -0.818. The summed E-state index contributed by atoms with van der Waals surface area (Å²) in [6, 6.07) is 27.1. The zero-order valence-electron chi connectivity index (χ0n) is 21.7. The van der Waals surface area contributed by atoms with Crippen LogP contribution in [0, 0.1) is 23.7 Å². The first-order valence-corrected chi connectivity index (χ1v) is 13.2. The van der Waals surface area contributed by atoms with Gasteiger partial charge in [-0.1, -0.05) is 84.6 Å². The second-order valence-corrected chi connectivity index (χ2v) is 9.93. The molecule has 1 aliphatic carbocycles. The summed E-state index contributed by atoms with van der Waals surface area (Å²) < 4.78 is 17.1. The fourth-order valence-corrected chi connectivity index (χ4v) is 5.49. The minimum Gasteiger partial charge on any atom is -0.462 e. The first-order chi connectivity index (χ1) is 19.0. The Morgan fingerprint density at radius 3 is 2.31 bits per heavy atom. The van der Waals surface area contributed by atoms with Crippen LogP contribution in [0.2, 0.25) is 0 Å². The lowest BCUT2D eigenvalue weighted by atomic mass is 9.87. The number of benzene rings is 3. The van der Waals surface area contributed by atoms with E-state index in [2.05, 4.69) is 11.8 Å². The van der Waals surface area contributed by atoms with Gasteiger partial charge >= 0.3 is 17.9 Å². The van der Waals surface area contributed by atoms with Crippen molar-refractivity contribution in [1.82, 2.24) is 0 Å². The van der Waals surface area contributed by atoms with Crippen molar-refractivity contribution in [3.05, 3.63) is 96.1 Å². The maximum absolute atomic E-state index is 13.2. The summed E-state index contributed by atoms with van der Waals surface area (Å²) >= 11 is 0. The molecule has 1 aliphatic heterocycles. The number of ether oxygens (including phenoxy) is 3. The van der Waals surface area contributed by atoms with E-state index < -0.39 is 36.2 Å². The lowest BCUT2D eigenvalue weighted by Crippen LogP contribution is -2.37. The molecule has 0 radical (unpaired) electrons. The van der Waals surface area contributed by atoms with Crippen molar-refractivity contribution >= 4 is 17.9 Å². The van der Waals surface area contributed by atoms with Crippen LogP contribution in [0.25, 0.3) is 11.1 Å². The Kier molecular flexibility index (Phi) is 8.07. The summed E-state index contributed by atoms with van der Waals surface area (Å²) in [7, 11) is 0. The van der Waals surface area contributed by atoms with E-state index >= 15 is 0 Å². The van der Waals surface area contributed by atoms with Crippen molar-refractivity contribution in [3.8, 4) is 23.0 Å². The number of aryl methyl sites for hydroxylation is 1. The third-order valence-corrected chi connectivity index (χ3v) is 7.31. The third kappa shape index (κ3) is 6.38. The maximum Gasteiger partial charge on any atom is 0.338 e. The molecule has 3 aromatic rings. The van der Waals surface area contributed by atoms with Crippen LogP contribution in [0.1, 0.15) is 42.1 Å². The molecular formula is C33H30O6. The highest BCUT2D eigenvalue weighted by molar-refractivity contribution is 5.90. The van der Waals surface area contributed by atoms with Gasteiger partial charge in [0, 0.05) is 25.7 Å². The van der Waals surface area contributed by atoms with Crippen LogP contribution in [0.5, 0.6) is 0 Å². The summed E-state index contributed by atoms with van der Waals surface area (Å²) in [5.74, 6) is 4.28. The Labute approximate surface area is 228 Å². The largest absolute Gasteiger partial charge is 0.462 e. The molecule has 2 fully saturated rings. The lowest BCUT2D eigenvalue weighted by Gasteiger charge is -2.27. The summed E-state index contributed by atoms with van der Waals surface area (Å²) in [5.41, 5.74) is 3.63. The highest BCUT2D eigenvalue weighted by Crippen LogP contribution is 2.45. The summed E-state index contributed by atoms with van der Waals surface area (Å²) in [5, 5.41) is 0. The smallest absolute Gasteiger partial charge is 0.338 e. The molecule has 0 amide bonds. The molecule has 0 N–H and O–H groups in total. The molecule has 198 valence electrons. The van der Waals surface area contributed by atoms with E-state index in [1.54, 1.807) is 12.1 Å². The zero-order chi connectivity index (χ0) is 27.2. The van der Waals surface area contributed by atoms with Crippen molar-refractivity contribution < 1.29 is 28.6 Å². The number of esters is 3. The van der Waals surface area contributed by atoms with E-state index in [9.17, 15) is 14.4 Å². The van der Waals surface area contributed by atoms with Gasteiger partial charge in [-0.2, -0.15) is 0 Å². The van der Waals surface area contributed by atoms with Crippen molar-refractivity contribution in [3.63, 3.8) is 0 Å². The lowest BCUT2D eigenvalue weighted by molar-refractivity contribution is -0.148. The van der Waals surface area contributed by atoms with E-state index in [0.29, 0.717) is 18.4 Å². The monoisotopic (exact) mass is 522 g/mol. The molecule has 6 heteroatoms. The van der Waals surface area contributed by atoms with E-state index in [0.717, 1.165) is 23.1 Å². The van der Waals surface area contributed by atoms with Crippen LogP contribution < -0.4 is 0 Å². The first kappa shape index (κ1) is 26.2. The molecule has 1 saturated carbocycles. The fourth-order valence-electron chi connectivity index (χ4n) is 5.49. The molecule has 3 aromatic carbocycles. The first-order valence-electron chi connectivity index (χ1n) is 13.2. The predicted molar refractivity (Wildman–Crippen MR) is 145 cm³/mol. The van der Waals surface area contributed by atoms with Crippen LogP contribution in [0.3, 0.4) is 0 Å². The number of carbonyl (C=O) groups is 3. The average Bonchev–Trinajstić information content (AvgIpc) is 3.46. The van der Waals surface area contributed by atoms with Gasteiger partial charge in [0.05, 0.1) is 17.9 Å². The van der Waals surface area contributed by atoms with Gasteiger partial charge in [-0.05, 0) is 35.2 Å². The van der Waals surface area contributed by atoms with Gasteiger partial charge in [0.25, 0.3) is 0 Å². The number of rotatable bonds is 7. The van der Waals surface area contributed by atoms with E-state index in [4.69, 9.17) is 14.2 Å². The topological polar surface area (TPSA) is 78.9 Å². The summed E-state index contributed by atoms with van der Waals surface area (Å²) in [6.07, 6.45) is 0.0389. The quantitative estimate of drug-likeness (QED) is 0.235. The molecule has 5 atom stereocenters. The number of fused-ring (bicyclic) bond motifs is 1. The Bertz CT molecular complexity index is 1370. The number of hydrogen-bond acceptors (Lipinski definition) is 6. The van der Waals surface area contributed by atoms with Gasteiger partial charge < -0.3 is 14.2 Å². The normalized spacial score (nSPS) is 22.1. The summed E-state index contributed by atoms with van der Waals surface area (Å²) in [6.45, 7) is 1.33. The van der Waals surface area contributed by atoms with Gasteiger partial charge in [-0.15, -0.1) is 0 Å². The van der Waals surface area contributed by atoms with Crippen LogP contribution in [-0.2, 0) is 30.2 Å². The zero-order valence-corrected chi connectivity index (χ0v) is 21.7. The molecule has 1 saturated heterocycles. The molecule has 6 nitrogen and oxygen atoms in total. The summed E-state index contributed by atoms with van der Waals surface area (Å²) in [4.78, 5) is 37.3. The molecule has 39 heavy (non-hydrogen) atoms. The molecule has 0 bridgehead atoms. The van der Waals surface area contributed by atoms with Gasteiger partial charge in [0.15, 0.2) is 6.10 Å². The fraction of sp³-hybridized carbons (Fsp3) is 0.303. The third-order valence-electron chi connectivity index (χ3n) is 7.31. The Morgan fingerprint density at radius 2 is 1.62 bits per heavy atom. The van der Waals surface area contributed by atoms with Crippen molar-refractivity contribution in [2.75, 3.05) is 0 Å². The van der Waals surface area contributed by atoms with Gasteiger partial charge in [0.1, 0.15) is 12.2 Å². The van der Waals surface area contributed by atoms with Crippen molar-refractivity contribution in [1.29, 1.82) is 0 Å². The van der Waals surface area contributed by atoms with Crippen molar-refractivity contribution in [2.24, 2.45) is 11.8 Å². The predicted octanol–water partition coefficient (Wildman–Crippen LogP) is 5.40. The van der Waals surface area contributed by atoms with E-state index in [1.807, 2.05) is 72.8 Å². The molecule has 0 spiro atoms. The number of carbonyl (C=O) groups excluding carboxylic acids is 3. The SMILES string of the molecule is CC(=O)OC(C#CCCc1ccccc1)[C@@H]1[C@H]2CC(=O)O[C@H]2C[C@H]1OC(=O)c1ccc(-c2ccccc2)cc1. The highest BCUT2D eigenvalue weighted by atomic mass is 16.6. The van der Waals surface area contributed by atoms with Crippen LogP contribution in [0.4, 0.5) is 0 Å². The molecule has 1 heterocycles. The Hall–Kier alpha value is -4.37. The second-order valence-electron chi connectivity index (χ2n) is 9.93. The Morgan fingerprint density at radius 1 is 0.949 bits per heavy atom. The van der Waals surface area contributed by atoms with Gasteiger partial charge in [-0.25, -0.2) is 4.79 Å². The van der Waals surface area contributed by atoms with Crippen LogP contribution in [0.15, 0.2) is 84.9 Å². The van der Waals surface area contributed by atoms with E-state index in [-0.39, 0.29) is 18.3 Å². The van der Waals surface area contributed by atoms with Gasteiger partial charge in [-0.3, -0.25) is 9.59 Å². The Balaban J connectivity index is 1.33. The number of hydrogen-bond donors (Lipinski definition) is 0. The minimum absolute atomic E-state index is 0.179. The van der Waals surface area contributed by atoms with Gasteiger partial charge in [0.2, 0.25) is 0 Å². The molecule has 2 aliphatic rings. The molecular weight excluding hydrogens is 492 g/mol. The molecule has 0 aromatic heterocycles. The van der Waals surface area contributed by atoms with Crippen LogP contribution in [-0.4, -0.2) is 36.2 Å². The van der Waals surface area contributed by atoms with E-state index in [1.165, 1.54) is 6.92 Å². The van der Waals surface area contributed by atoms with Crippen LogP contribution >= 0.6 is 0 Å². The molecule has 1 unspecified atom stereocenters. The average molecular weight is 523 g/mol. The van der Waals surface area contributed by atoms with Crippen molar-refractivity contribution in [2.45, 2.75) is 50.9 Å². The standard InChI is InChI=1S/C33H30O6/c1-22(34)37-28(15-9-8-12-23-10-4-2-5-11-23)32-27-20-31(35)38-29(27)21-30(32)39-33(36)26-18-16-25(17-19-26)24-13-6-3-7-14-24/h2-7,10-11,13-14,16-19,27-30,32H,8,12,20-21H2,1H3/t27-,28?,29-,30+,32-/m0/s1. The maximum atomic E-state index is 13.2. The molecule has 5 rings (SSSR count). The highest BCUT2D eigenvalue weighted by Gasteiger charge is 2.55. The second kappa shape index (κ2) is 12.0.